The van der Waals surface area contributed by atoms with Gasteiger partial charge in [-0.15, -0.1) is 0 Å². The maximum Gasteiger partial charge on any atom is 0.0558 e. The van der Waals surface area contributed by atoms with Gasteiger partial charge in [-0.1, -0.05) is 47.5 Å². The van der Waals surface area contributed by atoms with Gasteiger partial charge < -0.3 is 5.73 Å². The van der Waals surface area contributed by atoms with E-state index in [0.717, 1.165) is 16.5 Å². The molecule has 20 heavy (non-hydrogen) atoms. The van der Waals surface area contributed by atoms with E-state index in [1.165, 1.54) is 16.5 Å². The molecule has 0 saturated carbocycles. The fourth-order valence-corrected chi connectivity index (χ4v) is 2.79. The summed E-state index contributed by atoms with van der Waals surface area (Å²) in [5.74, 6) is 0. The first-order valence-corrected chi connectivity index (χ1v) is 6.81. The molecule has 1 heterocycles. The number of aryl methyl sites for hydroxylation is 2. The summed E-state index contributed by atoms with van der Waals surface area (Å²) in [6.45, 7) is 4.21. The summed E-state index contributed by atoms with van der Waals surface area (Å²) in [5.41, 5.74) is 11.3. The van der Waals surface area contributed by atoms with Gasteiger partial charge in [-0.25, -0.2) is 0 Å². The lowest BCUT2D eigenvalue weighted by molar-refractivity contribution is 0.876. The zero-order valence-corrected chi connectivity index (χ0v) is 11.8. The molecule has 100 valence electrons. The van der Waals surface area contributed by atoms with E-state index in [9.17, 15) is 0 Å². The molecule has 1 atom stereocenters. The van der Waals surface area contributed by atoms with E-state index in [1.807, 2.05) is 24.5 Å². The molecule has 1 aromatic heterocycles. The Bertz CT molecular complexity index is 737. The van der Waals surface area contributed by atoms with Crippen LogP contribution >= 0.6 is 0 Å². The standard InChI is InChI=1S/C18H18N2/c1-12-8-13(2)10-15(9-12)18(19)17-5-3-4-14-11-20-7-6-16(14)17/h3-11,18H,19H2,1-2H3. The van der Waals surface area contributed by atoms with Crippen molar-refractivity contribution in [3.8, 4) is 0 Å². The first-order valence-electron chi connectivity index (χ1n) is 6.81. The monoisotopic (exact) mass is 262 g/mol. The molecule has 0 spiro atoms. The van der Waals surface area contributed by atoms with Gasteiger partial charge in [0.1, 0.15) is 0 Å². The highest BCUT2D eigenvalue weighted by Gasteiger charge is 2.12. The normalized spacial score (nSPS) is 12.6. The van der Waals surface area contributed by atoms with Crippen LogP contribution in [0.2, 0.25) is 0 Å². The zero-order chi connectivity index (χ0) is 14.1. The summed E-state index contributed by atoms with van der Waals surface area (Å²) < 4.78 is 0. The van der Waals surface area contributed by atoms with E-state index in [1.54, 1.807) is 0 Å². The van der Waals surface area contributed by atoms with Crippen LogP contribution in [-0.4, -0.2) is 4.98 Å². The number of benzene rings is 2. The topological polar surface area (TPSA) is 38.9 Å². The number of hydrogen-bond acceptors (Lipinski definition) is 2. The highest BCUT2D eigenvalue weighted by Crippen LogP contribution is 2.27. The Morgan fingerprint density at radius 1 is 1.00 bits per heavy atom. The van der Waals surface area contributed by atoms with Crippen molar-refractivity contribution in [3.63, 3.8) is 0 Å². The largest absolute Gasteiger partial charge is 0.320 e. The lowest BCUT2D eigenvalue weighted by Gasteiger charge is -2.16. The van der Waals surface area contributed by atoms with Gasteiger partial charge in [0.2, 0.25) is 0 Å². The van der Waals surface area contributed by atoms with Gasteiger partial charge >= 0.3 is 0 Å². The van der Waals surface area contributed by atoms with Crippen molar-refractivity contribution in [3.05, 3.63) is 77.1 Å². The lowest BCUT2D eigenvalue weighted by Crippen LogP contribution is -2.12. The van der Waals surface area contributed by atoms with Gasteiger partial charge in [-0.05, 0) is 36.4 Å². The van der Waals surface area contributed by atoms with Gasteiger partial charge in [-0.3, -0.25) is 4.98 Å². The van der Waals surface area contributed by atoms with Crippen LogP contribution in [0.25, 0.3) is 10.8 Å². The minimum absolute atomic E-state index is 0.111. The number of aromatic nitrogens is 1. The molecule has 3 aromatic rings. The summed E-state index contributed by atoms with van der Waals surface area (Å²) in [6.07, 6.45) is 3.70. The number of fused-ring (bicyclic) bond motifs is 1. The van der Waals surface area contributed by atoms with E-state index in [2.05, 4.69) is 49.2 Å². The van der Waals surface area contributed by atoms with Crippen LogP contribution in [0.15, 0.2) is 54.9 Å². The zero-order valence-electron chi connectivity index (χ0n) is 11.8. The van der Waals surface area contributed by atoms with Gasteiger partial charge in [-0.2, -0.15) is 0 Å². The average molecular weight is 262 g/mol. The maximum atomic E-state index is 6.50. The van der Waals surface area contributed by atoms with Crippen LogP contribution in [0.3, 0.4) is 0 Å². The molecule has 0 aliphatic heterocycles. The summed E-state index contributed by atoms with van der Waals surface area (Å²) >= 11 is 0. The predicted octanol–water partition coefficient (Wildman–Crippen LogP) is 3.90. The molecule has 0 amide bonds. The van der Waals surface area contributed by atoms with Crippen LogP contribution in [0, 0.1) is 13.8 Å². The summed E-state index contributed by atoms with van der Waals surface area (Å²) in [5, 5.41) is 2.30. The SMILES string of the molecule is Cc1cc(C)cc(C(N)c2cccc3cnccc23)c1. The maximum absolute atomic E-state index is 6.50. The molecule has 0 saturated heterocycles. The van der Waals surface area contributed by atoms with Gasteiger partial charge in [0.15, 0.2) is 0 Å². The number of hydrogen-bond donors (Lipinski definition) is 1. The Kier molecular flexibility index (Phi) is 3.25. The first-order chi connectivity index (χ1) is 9.65. The van der Waals surface area contributed by atoms with Gasteiger partial charge in [0, 0.05) is 17.8 Å². The fraction of sp³-hybridized carbons (Fsp3) is 0.167. The van der Waals surface area contributed by atoms with Crippen molar-refractivity contribution in [1.29, 1.82) is 0 Å². The Labute approximate surface area is 119 Å². The Hall–Kier alpha value is -2.19. The smallest absolute Gasteiger partial charge is 0.0558 e. The molecule has 0 bridgehead atoms. The predicted molar refractivity (Wildman–Crippen MR) is 83.7 cm³/mol. The van der Waals surface area contributed by atoms with E-state index >= 15 is 0 Å². The number of nitrogens with two attached hydrogens (primary N) is 1. The van der Waals surface area contributed by atoms with Crippen LogP contribution in [0.4, 0.5) is 0 Å². The lowest BCUT2D eigenvalue weighted by atomic mass is 9.93. The number of rotatable bonds is 2. The minimum Gasteiger partial charge on any atom is -0.320 e. The van der Waals surface area contributed by atoms with E-state index in [-0.39, 0.29) is 6.04 Å². The third kappa shape index (κ3) is 2.30. The molecular formula is C18H18N2. The molecular weight excluding hydrogens is 244 g/mol. The molecule has 3 rings (SSSR count). The van der Waals surface area contributed by atoms with Crippen molar-refractivity contribution < 1.29 is 0 Å². The van der Waals surface area contributed by atoms with Crippen LogP contribution in [-0.2, 0) is 0 Å². The van der Waals surface area contributed by atoms with Crippen molar-refractivity contribution in [1.82, 2.24) is 4.98 Å². The van der Waals surface area contributed by atoms with Crippen LogP contribution in [0.1, 0.15) is 28.3 Å². The summed E-state index contributed by atoms with van der Waals surface area (Å²) in [7, 11) is 0. The average Bonchev–Trinajstić information content (AvgIpc) is 2.45. The number of nitrogens with zero attached hydrogens (tertiary/aromatic N) is 1. The summed E-state index contributed by atoms with van der Waals surface area (Å²) in [4.78, 5) is 4.17. The molecule has 2 aromatic carbocycles. The van der Waals surface area contributed by atoms with Gasteiger partial charge in [0.25, 0.3) is 0 Å². The van der Waals surface area contributed by atoms with Crippen molar-refractivity contribution in [2.75, 3.05) is 0 Å². The Balaban J connectivity index is 2.15. The van der Waals surface area contributed by atoms with E-state index in [0.29, 0.717) is 0 Å². The second-order valence-electron chi connectivity index (χ2n) is 5.34. The van der Waals surface area contributed by atoms with Crippen molar-refractivity contribution >= 4 is 10.8 Å². The third-order valence-corrected chi connectivity index (χ3v) is 3.65. The number of pyridine rings is 1. The molecule has 2 heteroatoms. The van der Waals surface area contributed by atoms with Crippen LogP contribution < -0.4 is 5.73 Å². The van der Waals surface area contributed by atoms with E-state index < -0.39 is 0 Å². The Morgan fingerprint density at radius 2 is 1.75 bits per heavy atom. The highest BCUT2D eigenvalue weighted by atomic mass is 14.6. The highest BCUT2D eigenvalue weighted by molar-refractivity contribution is 5.85. The second kappa shape index (κ2) is 5.06. The first kappa shape index (κ1) is 12.8. The molecule has 0 fully saturated rings. The molecule has 1 unspecified atom stereocenters. The molecule has 0 radical (unpaired) electrons. The molecule has 0 aliphatic rings. The van der Waals surface area contributed by atoms with Crippen molar-refractivity contribution in [2.24, 2.45) is 5.73 Å². The second-order valence-corrected chi connectivity index (χ2v) is 5.34. The fourth-order valence-electron chi connectivity index (χ4n) is 2.79. The quantitative estimate of drug-likeness (QED) is 0.760. The minimum atomic E-state index is -0.111. The van der Waals surface area contributed by atoms with Crippen molar-refractivity contribution in [2.45, 2.75) is 19.9 Å². The Morgan fingerprint density at radius 3 is 2.50 bits per heavy atom. The van der Waals surface area contributed by atoms with Gasteiger partial charge in [0.05, 0.1) is 6.04 Å². The molecule has 0 aliphatic carbocycles. The van der Waals surface area contributed by atoms with E-state index in [4.69, 9.17) is 5.73 Å². The molecule has 2 nitrogen and oxygen atoms in total. The van der Waals surface area contributed by atoms with Crippen LogP contribution in [0.5, 0.6) is 0 Å². The summed E-state index contributed by atoms with van der Waals surface area (Å²) in [6, 6.07) is 14.6. The molecule has 2 N–H and O–H groups in total. The third-order valence-electron chi connectivity index (χ3n) is 3.65.